The maximum atomic E-state index is 6.35. The van der Waals surface area contributed by atoms with Gasteiger partial charge in [0.2, 0.25) is 0 Å². The van der Waals surface area contributed by atoms with Gasteiger partial charge in [-0.05, 0) is 70.0 Å². The third-order valence-electron chi connectivity index (χ3n) is 6.02. The molecule has 0 amide bonds. The van der Waals surface area contributed by atoms with Gasteiger partial charge in [-0.2, -0.15) is 0 Å². The first kappa shape index (κ1) is 16.7. The van der Waals surface area contributed by atoms with Crippen molar-refractivity contribution in [3.8, 4) is 0 Å². The first-order valence-corrected chi connectivity index (χ1v) is 9.32. The first-order chi connectivity index (χ1) is 11.0. The molecule has 0 spiro atoms. The van der Waals surface area contributed by atoms with Crippen LogP contribution in [0.25, 0.3) is 0 Å². The normalized spacial score (nSPS) is 30.5. The fraction of sp³-hybridized carbons (Fsp3) is 0.571. The van der Waals surface area contributed by atoms with E-state index in [1.807, 2.05) is 30.3 Å². The SMILES string of the molecule is CC(C)=C1CC[C@@]2(C)CCC[C@H](OC(=S)c3ccccc3)[C@H]2C1. The van der Waals surface area contributed by atoms with E-state index in [9.17, 15) is 0 Å². The lowest BCUT2D eigenvalue weighted by Gasteiger charge is -2.49. The van der Waals surface area contributed by atoms with E-state index in [0.29, 0.717) is 16.4 Å². The molecule has 2 heteroatoms. The summed E-state index contributed by atoms with van der Waals surface area (Å²) in [7, 11) is 0. The van der Waals surface area contributed by atoms with Gasteiger partial charge in [-0.25, -0.2) is 0 Å². The summed E-state index contributed by atoms with van der Waals surface area (Å²) in [6, 6.07) is 10.2. The molecule has 0 aromatic heterocycles. The molecule has 0 unspecified atom stereocenters. The van der Waals surface area contributed by atoms with Crippen molar-refractivity contribution in [1.82, 2.24) is 0 Å². The van der Waals surface area contributed by atoms with Crippen molar-refractivity contribution in [1.29, 1.82) is 0 Å². The van der Waals surface area contributed by atoms with Gasteiger partial charge in [-0.1, -0.05) is 48.4 Å². The molecule has 0 heterocycles. The summed E-state index contributed by atoms with van der Waals surface area (Å²) in [5, 5.41) is 0.671. The smallest absolute Gasteiger partial charge is 0.191 e. The van der Waals surface area contributed by atoms with E-state index >= 15 is 0 Å². The summed E-state index contributed by atoms with van der Waals surface area (Å²) < 4.78 is 6.35. The maximum absolute atomic E-state index is 6.35. The van der Waals surface area contributed by atoms with Gasteiger partial charge in [0.25, 0.3) is 0 Å². The summed E-state index contributed by atoms with van der Waals surface area (Å²) in [5.41, 5.74) is 4.61. The van der Waals surface area contributed by atoms with Crippen LogP contribution in [0.3, 0.4) is 0 Å². The number of allylic oxidation sites excluding steroid dienone is 2. The van der Waals surface area contributed by atoms with Gasteiger partial charge in [0.1, 0.15) is 6.10 Å². The standard InChI is InChI=1S/C21H28OS/c1-15(2)17-11-13-21(3)12-7-10-19(18(21)14-17)22-20(23)16-8-5-4-6-9-16/h4-6,8-9,18-19H,7,10-14H2,1-3H3/t18-,19+,21-/m1/s1. The van der Waals surface area contributed by atoms with Gasteiger partial charge in [0, 0.05) is 11.5 Å². The van der Waals surface area contributed by atoms with Crippen molar-refractivity contribution < 1.29 is 4.74 Å². The second kappa shape index (κ2) is 6.76. The van der Waals surface area contributed by atoms with Crippen molar-refractivity contribution in [2.24, 2.45) is 11.3 Å². The van der Waals surface area contributed by atoms with Crippen molar-refractivity contribution in [2.75, 3.05) is 0 Å². The Morgan fingerprint density at radius 2 is 1.91 bits per heavy atom. The molecule has 0 aliphatic heterocycles. The van der Waals surface area contributed by atoms with Crippen molar-refractivity contribution in [3.63, 3.8) is 0 Å². The van der Waals surface area contributed by atoms with Crippen LogP contribution in [-0.4, -0.2) is 11.2 Å². The van der Waals surface area contributed by atoms with E-state index in [0.717, 1.165) is 12.0 Å². The zero-order valence-electron chi connectivity index (χ0n) is 14.6. The average Bonchev–Trinajstić information content (AvgIpc) is 2.55. The Labute approximate surface area is 146 Å². The molecule has 1 nitrogen and oxygen atoms in total. The molecule has 2 fully saturated rings. The molecule has 1 aromatic carbocycles. The summed E-state index contributed by atoms with van der Waals surface area (Å²) >= 11 is 5.58. The summed E-state index contributed by atoms with van der Waals surface area (Å²) in [6.45, 7) is 6.98. The minimum Gasteiger partial charge on any atom is -0.479 e. The third kappa shape index (κ3) is 3.52. The first-order valence-electron chi connectivity index (χ1n) is 8.91. The second-order valence-electron chi connectivity index (χ2n) is 7.77. The van der Waals surface area contributed by atoms with Crippen LogP contribution in [-0.2, 0) is 4.74 Å². The molecule has 1 aromatic rings. The lowest BCUT2D eigenvalue weighted by molar-refractivity contribution is -0.0229. The summed E-state index contributed by atoms with van der Waals surface area (Å²) in [5.74, 6) is 0.608. The van der Waals surface area contributed by atoms with E-state index in [-0.39, 0.29) is 6.10 Å². The highest BCUT2D eigenvalue weighted by atomic mass is 32.1. The zero-order valence-corrected chi connectivity index (χ0v) is 15.4. The Balaban J connectivity index is 1.78. The van der Waals surface area contributed by atoms with Crippen LogP contribution < -0.4 is 0 Å². The lowest BCUT2D eigenvalue weighted by Crippen LogP contribution is -2.44. The number of ether oxygens (including phenoxy) is 1. The largest absolute Gasteiger partial charge is 0.479 e. The predicted molar refractivity (Wildman–Crippen MR) is 101 cm³/mol. The molecule has 2 aliphatic carbocycles. The molecule has 0 radical (unpaired) electrons. The molecule has 2 aliphatic rings. The van der Waals surface area contributed by atoms with Gasteiger partial charge in [0.15, 0.2) is 5.05 Å². The van der Waals surface area contributed by atoms with E-state index in [1.54, 1.807) is 5.57 Å². The van der Waals surface area contributed by atoms with Crippen LogP contribution in [0, 0.1) is 11.3 Å². The molecule has 0 N–H and O–H groups in total. The number of thiocarbonyl (C=S) groups is 1. The molecule has 0 bridgehead atoms. The van der Waals surface area contributed by atoms with Crippen LogP contribution in [0.2, 0.25) is 0 Å². The van der Waals surface area contributed by atoms with Gasteiger partial charge in [-0.15, -0.1) is 0 Å². The van der Waals surface area contributed by atoms with Gasteiger partial charge < -0.3 is 4.74 Å². The molecular weight excluding hydrogens is 300 g/mol. The van der Waals surface area contributed by atoms with E-state index in [2.05, 4.69) is 20.8 Å². The van der Waals surface area contributed by atoms with Crippen molar-refractivity contribution in [3.05, 3.63) is 47.0 Å². The summed E-state index contributed by atoms with van der Waals surface area (Å²) in [4.78, 5) is 0. The monoisotopic (exact) mass is 328 g/mol. The highest BCUT2D eigenvalue weighted by molar-refractivity contribution is 7.80. The molecule has 0 saturated heterocycles. The minimum absolute atomic E-state index is 0.274. The molecule has 2 saturated carbocycles. The van der Waals surface area contributed by atoms with Crippen molar-refractivity contribution in [2.45, 2.75) is 65.4 Å². The number of hydrogen-bond donors (Lipinski definition) is 0. The fourth-order valence-corrected chi connectivity index (χ4v) is 4.67. The third-order valence-corrected chi connectivity index (χ3v) is 6.35. The van der Waals surface area contributed by atoms with Crippen LogP contribution in [0.5, 0.6) is 0 Å². The number of hydrogen-bond acceptors (Lipinski definition) is 2. The van der Waals surface area contributed by atoms with Crippen LogP contribution in [0.15, 0.2) is 41.5 Å². The topological polar surface area (TPSA) is 9.23 Å². The highest BCUT2D eigenvalue weighted by Gasteiger charge is 2.46. The quantitative estimate of drug-likeness (QED) is 0.481. The highest BCUT2D eigenvalue weighted by Crippen LogP contribution is 2.52. The Bertz CT molecular complexity index is 600. The minimum atomic E-state index is 0.274. The van der Waals surface area contributed by atoms with Crippen LogP contribution in [0.4, 0.5) is 0 Å². The van der Waals surface area contributed by atoms with Crippen molar-refractivity contribution >= 4 is 17.3 Å². The van der Waals surface area contributed by atoms with Crippen LogP contribution >= 0.6 is 12.2 Å². The number of rotatable bonds is 2. The molecular formula is C21H28OS. The molecule has 3 atom stereocenters. The Kier molecular flexibility index (Phi) is 4.91. The Hall–Kier alpha value is -1.15. The van der Waals surface area contributed by atoms with Gasteiger partial charge >= 0.3 is 0 Å². The Morgan fingerprint density at radius 1 is 1.17 bits per heavy atom. The van der Waals surface area contributed by atoms with E-state index < -0.39 is 0 Å². The number of benzene rings is 1. The average molecular weight is 329 g/mol. The van der Waals surface area contributed by atoms with E-state index in [4.69, 9.17) is 17.0 Å². The maximum Gasteiger partial charge on any atom is 0.191 e. The number of fused-ring (bicyclic) bond motifs is 1. The van der Waals surface area contributed by atoms with Crippen LogP contribution in [0.1, 0.15) is 64.9 Å². The Morgan fingerprint density at radius 3 is 2.61 bits per heavy atom. The van der Waals surface area contributed by atoms with Gasteiger partial charge in [0.05, 0.1) is 0 Å². The lowest BCUT2D eigenvalue weighted by atomic mass is 9.58. The van der Waals surface area contributed by atoms with E-state index in [1.165, 1.54) is 37.7 Å². The fourth-order valence-electron chi connectivity index (χ4n) is 4.41. The zero-order chi connectivity index (χ0) is 16.4. The molecule has 3 rings (SSSR count). The second-order valence-corrected chi connectivity index (χ2v) is 8.14. The van der Waals surface area contributed by atoms with Gasteiger partial charge in [-0.3, -0.25) is 0 Å². The molecule has 23 heavy (non-hydrogen) atoms. The molecule has 124 valence electrons. The summed E-state index contributed by atoms with van der Waals surface area (Å²) in [6.07, 6.45) is 7.78. The predicted octanol–water partition coefficient (Wildman–Crippen LogP) is 6.07.